The van der Waals surface area contributed by atoms with Gasteiger partial charge in [0.1, 0.15) is 11.5 Å². The zero-order valence-corrected chi connectivity index (χ0v) is 18.7. The molecule has 1 amide bonds. The van der Waals surface area contributed by atoms with Crippen LogP contribution in [0.4, 0.5) is 5.82 Å². The fourth-order valence-corrected chi connectivity index (χ4v) is 4.26. The molecule has 0 spiro atoms. The SMILES string of the molecule is COc1cccc(-n2c(SCC(=O)Nc3cc(C)on3)nnc2-c2c[nH]c3ccccc23)c1. The lowest BCUT2D eigenvalue weighted by molar-refractivity contribution is -0.113. The number of carbonyl (C=O) groups is 1. The molecule has 0 aliphatic rings. The summed E-state index contributed by atoms with van der Waals surface area (Å²) in [6.45, 7) is 1.76. The molecule has 2 aromatic carbocycles. The third-order valence-corrected chi connectivity index (χ3v) is 5.93. The first-order valence-corrected chi connectivity index (χ1v) is 11.1. The number of nitrogens with zero attached hydrogens (tertiary/aromatic N) is 4. The van der Waals surface area contributed by atoms with Crippen molar-refractivity contribution >= 4 is 34.4 Å². The van der Waals surface area contributed by atoms with Crippen molar-refractivity contribution in [1.29, 1.82) is 0 Å². The molecule has 0 aliphatic carbocycles. The fraction of sp³-hybridized carbons (Fsp3) is 0.130. The molecule has 0 fully saturated rings. The van der Waals surface area contributed by atoms with Gasteiger partial charge in [-0.05, 0) is 25.1 Å². The average molecular weight is 461 g/mol. The molecule has 0 radical (unpaired) electrons. The Morgan fingerprint density at radius 3 is 2.88 bits per heavy atom. The number of nitrogens with one attached hydrogen (secondary N) is 2. The third-order valence-electron chi connectivity index (χ3n) is 5.00. The van der Waals surface area contributed by atoms with E-state index in [1.54, 1.807) is 20.1 Å². The summed E-state index contributed by atoms with van der Waals surface area (Å²) < 4.78 is 12.3. The van der Waals surface area contributed by atoms with Crippen LogP contribution in [0.2, 0.25) is 0 Å². The summed E-state index contributed by atoms with van der Waals surface area (Å²) in [6.07, 6.45) is 1.92. The lowest BCUT2D eigenvalue weighted by Gasteiger charge is -2.11. The van der Waals surface area contributed by atoms with E-state index in [-0.39, 0.29) is 11.7 Å². The summed E-state index contributed by atoms with van der Waals surface area (Å²) >= 11 is 1.28. The smallest absolute Gasteiger partial charge is 0.236 e. The van der Waals surface area contributed by atoms with Gasteiger partial charge in [0.2, 0.25) is 5.91 Å². The minimum absolute atomic E-state index is 0.127. The van der Waals surface area contributed by atoms with Crippen LogP contribution >= 0.6 is 11.8 Å². The molecule has 5 aromatic rings. The van der Waals surface area contributed by atoms with Crippen molar-refractivity contribution in [1.82, 2.24) is 24.9 Å². The van der Waals surface area contributed by atoms with Crippen molar-refractivity contribution in [2.75, 3.05) is 18.2 Å². The van der Waals surface area contributed by atoms with E-state index >= 15 is 0 Å². The molecule has 0 saturated carbocycles. The van der Waals surface area contributed by atoms with E-state index in [2.05, 4.69) is 25.7 Å². The van der Waals surface area contributed by atoms with Gasteiger partial charge in [0.25, 0.3) is 0 Å². The van der Waals surface area contributed by atoms with E-state index in [9.17, 15) is 4.79 Å². The van der Waals surface area contributed by atoms with E-state index in [0.29, 0.717) is 28.3 Å². The summed E-state index contributed by atoms with van der Waals surface area (Å²) in [5.41, 5.74) is 2.74. The van der Waals surface area contributed by atoms with Gasteiger partial charge < -0.3 is 19.6 Å². The Morgan fingerprint density at radius 1 is 1.18 bits per heavy atom. The van der Waals surface area contributed by atoms with Crippen LogP contribution in [0.15, 0.2) is 70.5 Å². The number of fused-ring (bicyclic) bond motifs is 1. The number of amides is 1. The Hall–Kier alpha value is -4.05. The highest BCUT2D eigenvalue weighted by Gasteiger charge is 2.20. The Labute approximate surface area is 193 Å². The van der Waals surface area contributed by atoms with Crippen molar-refractivity contribution in [3.8, 4) is 22.8 Å². The quantitative estimate of drug-likeness (QED) is 0.345. The van der Waals surface area contributed by atoms with Crippen LogP contribution in [0.3, 0.4) is 0 Å². The summed E-state index contributed by atoms with van der Waals surface area (Å²) in [6, 6.07) is 17.3. The first-order valence-electron chi connectivity index (χ1n) is 10.1. The highest BCUT2D eigenvalue weighted by Crippen LogP contribution is 2.33. The fourth-order valence-electron chi connectivity index (χ4n) is 3.51. The number of aromatic amines is 1. The molecule has 10 heteroatoms. The summed E-state index contributed by atoms with van der Waals surface area (Å²) in [5.74, 6) is 2.28. The molecule has 33 heavy (non-hydrogen) atoms. The largest absolute Gasteiger partial charge is 0.497 e. The van der Waals surface area contributed by atoms with E-state index in [1.807, 2.05) is 59.3 Å². The van der Waals surface area contributed by atoms with Crippen molar-refractivity contribution in [2.24, 2.45) is 0 Å². The van der Waals surface area contributed by atoms with Crippen LogP contribution in [-0.4, -0.2) is 43.7 Å². The molecule has 3 aromatic heterocycles. The Balaban J connectivity index is 1.50. The van der Waals surface area contributed by atoms with Crippen molar-refractivity contribution in [3.05, 3.63) is 66.6 Å². The summed E-state index contributed by atoms with van der Waals surface area (Å²) in [5, 5.41) is 17.0. The number of hydrogen-bond acceptors (Lipinski definition) is 7. The van der Waals surface area contributed by atoms with Crippen molar-refractivity contribution in [3.63, 3.8) is 0 Å². The van der Waals surface area contributed by atoms with E-state index in [0.717, 1.165) is 22.2 Å². The second-order valence-electron chi connectivity index (χ2n) is 7.25. The minimum Gasteiger partial charge on any atom is -0.497 e. The van der Waals surface area contributed by atoms with Gasteiger partial charge in [0.05, 0.1) is 18.6 Å². The zero-order chi connectivity index (χ0) is 22.8. The molecular weight excluding hydrogens is 440 g/mol. The Kier molecular flexibility index (Phi) is 5.57. The normalized spacial score (nSPS) is 11.1. The first-order chi connectivity index (χ1) is 16.1. The van der Waals surface area contributed by atoms with Gasteiger partial charge in [-0.15, -0.1) is 10.2 Å². The van der Waals surface area contributed by atoms with Gasteiger partial charge in [-0.1, -0.05) is 41.2 Å². The van der Waals surface area contributed by atoms with Gasteiger partial charge in [0.15, 0.2) is 16.8 Å². The predicted molar refractivity (Wildman–Crippen MR) is 126 cm³/mol. The van der Waals surface area contributed by atoms with Crippen LogP contribution in [0.25, 0.3) is 28.0 Å². The lowest BCUT2D eigenvalue weighted by Crippen LogP contribution is -2.14. The number of benzene rings is 2. The van der Waals surface area contributed by atoms with Gasteiger partial charge in [0, 0.05) is 34.8 Å². The lowest BCUT2D eigenvalue weighted by atomic mass is 10.1. The Morgan fingerprint density at radius 2 is 2.06 bits per heavy atom. The molecule has 2 N–H and O–H groups in total. The molecule has 9 nitrogen and oxygen atoms in total. The third kappa shape index (κ3) is 4.20. The number of anilines is 1. The number of para-hydroxylation sites is 1. The molecule has 0 aliphatic heterocycles. The maximum absolute atomic E-state index is 12.5. The summed E-state index contributed by atoms with van der Waals surface area (Å²) in [7, 11) is 1.62. The van der Waals surface area contributed by atoms with Gasteiger partial charge >= 0.3 is 0 Å². The van der Waals surface area contributed by atoms with Crippen LogP contribution in [0.5, 0.6) is 5.75 Å². The van der Waals surface area contributed by atoms with E-state index < -0.39 is 0 Å². The minimum atomic E-state index is -0.220. The second-order valence-corrected chi connectivity index (χ2v) is 8.19. The number of aromatic nitrogens is 5. The molecule has 5 rings (SSSR count). The number of methoxy groups -OCH3 is 1. The molecule has 3 heterocycles. The number of aryl methyl sites for hydroxylation is 1. The number of hydrogen-bond donors (Lipinski definition) is 2. The molecule has 0 saturated heterocycles. The van der Waals surface area contributed by atoms with Crippen LogP contribution in [-0.2, 0) is 4.79 Å². The van der Waals surface area contributed by atoms with Crippen LogP contribution in [0.1, 0.15) is 5.76 Å². The highest BCUT2D eigenvalue weighted by molar-refractivity contribution is 7.99. The van der Waals surface area contributed by atoms with Crippen LogP contribution < -0.4 is 10.1 Å². The van der Waals surface area contributed by atoms with Crippen molar-refractivity contribution < 1.29 is 14.1 Å². The zero-order valence-electron chi connectivity index (χ0n) is 17.9. The van der Waals surface area contributed by atoms with E-state index in [1.165, 1.54) is 11.8 Å². The number of H-pyrrole nitrogens is 1. The van der Waals surface area contributed by atoms with Gasteiger partial charge in [-0.2, -0.15) is 0 Å². The molecule has 0 unspecified atom stereocenters. The van der Waals surface area contributed by atoms with Gasteiger partial charge in [-0.3, -0.25) is 9.36 Å². The number of thioether (sulfide) groups is 1. The summed E-state index contributed by atoms with van der Waals surface area (Å²) in [4.78, 5) is 15.7. The first kappa shape index (κ1) is 20.8. The van der Waals surface area contributed by atoms with Crippen LogP contribution in [0, 0.1) is 6.92 Å². The molecule has 0 bridgehead atoms. The molecule has 166 valence electrons. The average Bonchev–Trinajstić information content (AvgIpc) is 3.55. The second kappa shape index (κ2) is 8.83. The Bertz CT molecular complexity index is 1440. The monoisotopic (exact) mass is 460 g/mol. The maximum Gasteiger partial charge on any atom is 0.236 e. The highest BCUT2D eigenvalue weighted by atomic mass is 32.2. The number of rotatable bonds is 7. The maximum atomic E-state index is 12.5. The van der Waals surface area contributed by atoms with Gasteiger partial charge in [-0.25, -0.2) is 0 Å². The topological polar surface area (TPSA) is 111 Å². The predicted octanol–water partition coefficient (Wildman–Crippen LogP) is 4.45. The molecular formula is C23H20N6O3S. The standard InChI is InChI=1S/C23H20N6O3S/c1-14-10-20(28-32-14)25-21(30)13-33-23-27-26-22(18-12-24-19-9-4-3-8-17(18)19)29(23)15-6-5-7-16(11-15)31-2/h3-12,24H,13H2,1-2H3,(H,25,28,30). The van der Waals surface area contributed by atoms with E-state index in [4.69, 9.17) is 9.26 Å². The number of carbonyl (C=O) groups excluding carboxylic acids is 1. The molecule has 0 atom stereocenters. The number of ether oxygens (including phenoxy) is 1. The van der Waals surface area contributed by atoms with Crippen molar-refractivity contribution in [2.45, 2.75) is 12.1 Å².